The quantitative estimate of drug-likeness (QED) is 0.420. The Morgan fingerprint density at radius 1 is 0.914 bits per heavy atom. The summed E-state index contributed by atoms with van der Waals surface area (Å²) in [6.07, 6.45) is 7.46. The zero-order valence-electron chi connectivity index (χ0n) is 20.1. The Hall–Kier alpha value is -3.74. The number of anilines is 1. The summed E-state index contributed by atoms with van der Waals surface area (Å²) in [5.41, 5.74) is 5.18. The number of pyridine rings is 1. The number of benzene rings is 1. The lowest BCUT2D eigenvalue weighted by molar-refractivity contribution is 0.0599. The van der Waals surface area contributed by atoms with E-state index in [4.69, 9.17) is 15.1 Å². The van der Waals surface area contributed by atoms with Crippen molar-refractivity contribution < 1.29 is 4.79 Å². The normalized spacial score (nSPS) is 18.4. The van der Waals surface area contributed by atoms with Crippen LogP contribution in [0.3, 0.4) is 0 Å². The highest BCUT2D eigenvalue weighted by molar-refractivity contribution is 5.93. The Labute approximate surface area is 205 Å². The monoisotopic (exact) mass is 466 g/mol. The molecule has 4 aromatic rings. The van der Waals surface area contributed by atoms with Gasteiger partial charge in [-0.1, -0.05) is 36.4 Å². The highest BCUT2D eigenvalue weighted by Gasteiger charge is 2.31. The van der Waals surface area contributed by atoms with Crippen LogP contribution in [0.2, 0.25) is 0 Å². The number of aryl methyl sites for hydroxylation is 1. The highest BCUT2D eigenvalue weighted by atomic mass is 16.2. The van der Waals surface area contributed by atoms with E-state index in [1.807, 2.05) is 57.9 Å². The van der Waals surface area contributed by atoms with Crippen molar-refractivity contribution in [2.24, 2.45) is 0 Å². The number of aromatic nitrogens is 4. The van der Waals surface area contributed by atoms with E-state index < -0.39 is 0 Å². The molecule has 1 amide bonds. The highest BCUT2D eigenvalue weighted by Crippen LogP contribution is 2.33. The number of rotatable bonds is 4. The Balaban J connectivity index is 1.31. The molecule has 3 aromatic heterocycles. The number of fused-ring (bicyclic) bond motifs is 1. The van der Waals surface area contributed by atoms with Crippen LogP contribution in [0.4, 0.5) is 5.82 Å². The molecule has 0 aliphatic carbocycles. The average Bonchev–Trinajstić information content (AvgIpc) is 3.58. The second kappa shape index (κ2) is 9.13. The fourth-order valence-corrected chi connectivity index (χ4v) is 5.38. The first-order valence-electron chi connectivity index (χ1n) is 12.6. The summed E-state index contributed by atoms with van der Waals surface area (Å²) in [7, 11) is 0. The van der Waals surface area contributed by atoms with Gasteiger partial charge in [0, 0.05) is 43.0 Å². The minimum atomic E-state index is -0.0734. The van der Waals surface area contributed by atoms with Crippen LogP contribution in [0, 0.1) is 6.92 Å². The van der Waals surface area contributed by atoms with Crippen molar-refractivity contribution in [2.75, 3.05) is 24.5 Å². The summed E-state index contributed by atoms with van der Waals surface area (Å²) in [4.78, 5) is 27.7. The minimum absolute atomic E-state index is 0.0357. The van der Waals surface area contributed by atoms with E-state index in [2.05, 4.69) is 24.1 Å². The molecule has 2 fully saturated rings. The molecule has 2 aliphatic heterocycles. The van der Waals surface area contributed by atoms with Crippen molar-refractivity contribution in [2.45, 2.75) is 45.1 Å². The Bertz CT molecular complexity index is 1360. The molecule has 178 valence electrons. The van der Waals surface area contributed by atoms with Crippen LogP contribution in [0.5, 0.6) is 0 Å². The van der Waals surface area contributed by atoms with Crippen LogP contribution in [0.25, 0.3) is 16.9 Å². The molecule has 1 unspecified atom stereocenters. The molecule has 2 aliphatic rings. The third-order valence-electron chi connectivity index (χ3n) is 7.17. The van der Waals surface area contributed by atoms with E-state index in [-0.39, 0.29) is 11.9 Å². The minimum Gasteiger partial charge on any atom is -0.356 e. The van der Waals surface area contributed by atoms with Crippen molar-refractivity contribution >= 4 is 17.4 Å². The first-order valence-corrected chi connectivity index (χ1v) is 12.6. The van der Waals surface area contributed by atoms with E-state index in [1.54, 1.807) is 0 Å². The maximum atomic E-state index is 13.7. The zero-order chi connectivity index (χ0) is 23.8. The molecule has 2 saturated heterocycles. The molecule has 0 N–H and O–H groups in total. The van der Waals surface area contributed by atoms with Crippen LogP contribution < -0.4 is 4.90 Å². The second-order valence-electron chi connectivity index (χ2n) is 9.60. The molecular formula is C28H30N6O. The van der Waals surface area contributed by atoms with Gasteiger partial charge in [0.05, 0.1) is 17.4 Å². The first-order chi connectivity index (χ1) is 17.2. The maximum absolute atomic E-state index is 13.7. The van der Waals surface area contributed by atoms with Gasteiger partial charge in [-0.15, -0.1) is 0 Å². The predicted octanol–water partition coefficient (Wildman–Crippen LogP) is 5.07. The zero-order valence-corrected chi connectivity index (χ0v) is 20.1. The summed E-state index contributed by atoms with van der Waals surface area (Å²) in [5.74, 6) is 1.02. The van der Waals surface area contributed by atoms with Crippen molar-refractivity contribution in [3.05, 3.63) is 77.7 Å². The van der Waals surface area contributed by atoms with Crippen LogP contribution in [0.1, 0.15) is 59.9 Å². The summed E-state index contributed by atoms with van der Waals surface area (Å²) in [6, 6.07) is 17.7. The number of hydrogen-bond donors (Lipinski definition) is 0. The van der Waals surface area contributed by atoms with Crippen molar-refractivity contribution in [1.29, 1.82) is 0 Å². The van der Waals surface area contributed by atoms with Gasteiger partial charge in [0.25, 0.3) is 5.91 Å². The lowest BCUT2D eigenvalue weighted by atomic mass is 9.98. The van der Waals surface area contributed by atoms with Crippen LogP contribution >= 0.6 is 0 Å². The molecule has 6 rings (SSSR count). The molecule has 7 heteroatoms. The molecule has 0 bridgehead atoms. The van der Waals surface area contributed by atoms with E-state index in [1.165, 1.54) is 12.8 Å². The number of carbonyl (C=O) groups excluding carboxylic acids is 1. The number of nitrogens with zero attached hydrogens (tertiary/aromatic N) is 6. The van der Waals surface area contributed by atoms with Gasteiger partial charge in [-0.05, 0) is 51.2 Å². The topological polar surface area (TPSA) is 66.6 Å². The summed E-state index contributed by atoms with van der Waals surface area (Å²) < 4.78 is 1.87. The lowest BCUT2D eigenvalue weighted by Gasteiger charge is -2.34. The third-order valence-corrected chi connectivity index (χ3v) is 7.17. The summed E-state index contributed by atoms with van der Waals surface area (Å²) in [5, 5.41) is 4.88. The van der Waals surface area contributed by atoms with Crippen LogP contribution in [-0.2, 0) is 0 Å². The largest absolute Gasteiger partial charge is 0.356 e. The number of likely N-dealkylation sites (tertiary alicyclic amines) is 1. The van der Waals surface area contributed by atoms with Crippen LogP contribution in [-0.4, -0.2) is 50.0 Å². The van der Waals surface area contributed by atoms with Crippen LogP contribution in [0.15, 0.2) is 60.8 Å². The Morgan fingerprint density at radius 3 is 2.54 bits per heavy atom. The SMILES string of the molecule is Cc1cn2nc(C3CCCCN3C(=O)c3cccc(-c4ccccc4)n3)cc2nc1N1CCCC1. The van der Waals surface area contributed by atoms with Crippen molar-refractivity contribution in [1.82, 2.24) is 24.5 Å². The number of carbonyl (C=O) groups is 1. The number of hydrogen-bond acceptors (Lipinski definition) is 5. The lowest BCUT2D eigenvalue weighted by Crippen LogP contribution is -2.39. The molecule has 1 atom stereocenters. The molecular weight excluding hydrogens is 436 g/mol. The van der Waals surface area contributed by atoms with Gasteiger partial charge in [0.15, 0.2) is 5.65 Å². The second-order valence-corrected chi connectivity index (χ2v) is 9.60. The van der Waals surface area contributed by atoms with Gasteiger partial charge < -0.3 is 9.80 Å². The Morgan fingerprint density at radius 2 is 1.71 bits per heavy atom. The molecule has 0 spiro atoms. The van der Waals surface area contributed by atoms with Crippen molar-refractivity contribution in [3.63, 3.8) is 0 Å². The molecule has 1 aromatic carbocycles. The average molecular weight is 467 g/mol. The van der Waals surface area contributed by atoms with Gasteiger partial charge in [-0.3, -0.25) is 4.79 Å². The number of amides is 1. The number of piperidine rings is 1. The third kappa shape index (κ3) is 4.16. The maximum Gasteiger partial charge on any atom is 0.273 e. The van der Waals surface area contributed by atoms with E-state index in [0.29, 0.717) is 12.2 Å². The standard InChI is InChI=1S/C28H30N6O/c1-20-19-34-26(30-27(20)32-15-7-8-16-32)18-24(31-34)25-14-5-6-17-33(25)28(35)23-13-9-12-22(29-23)21-10-3-2-4-11-21/h2-4,9-13,18-19,25H,5-8,14-17H2,1H3. The fourth-order valence-electron chi connectivity index (χ4n) is 5.38. The molecule has 5 heterocycles. The van der Waals surface area contributed by atoms with Gasteiger partial charge in [-0.2, -0.15) is 5.10 Å². The van der Waals surface area contributed by atoms with Crippen molar-refractivity contribution in [3.8, 4) is 11.3 Å². The summed E-state index contributed by atoms with van der Waals surface area (Å²) in [6.45, 7) is 4.93. The fraction of sp³-hybridized carbons (Fsp3) is 0.357. The van der Waals surface area contributed by atoms with E-state index >= 15 is 0 Å². The Kier molecular flexibility index (Phi) is 5.68. The van der Waals surface area contributed by atoms with Gasteiger partial charge in [-0.25, -0.2) is 14.5 Å². The predicted molar refractivity (Wildman–Crippen MR) is 136 cm³/mol. The molecule has 35 heavy (non-hydrogen) atoms. The summed E-state index contributed by atoms with van der Waals surface area (Å²) >= 11 is 0. The first kappa shape index (κ1) is 21.8. The van der Waals surface area contributed by atoms with E-state index in [9.17, 15) is 4.79 Å². The molecule has 7 nitrogen and oxygen atoms in total. The van der Waals surface area contributed by atoms with Gasteiger partial charge >= 0.3 is 0 Å². The van der Waals surface area contributed by atoms with Gasteiger partial charge in [0.1, 0.15) is 11.5 Å². The smallest absolute Gasteiger partial charge is 0.273 e. The molecule has 0 saturated carbocycles. The van der Waals surface area contributed by atoms with Gasteiger partial charge in [0.2, 0.25) is 0 Å². The van der Waals surface area contributed by atoms with E-state index in [0.717, 1.165) is 66.3 Å². The molecule has 0 radical (unpaired) electrons.